The molecule has 17 aromatic carbocycles. The van der Waals surface area contributed by atoms with Crippen molar-refractivity contribution in [2.75, 3.05) is 9.80 Å². The van der Waals surface area contributed by atoms with Gasteiger partial charge in [0, 0.05) is 94.2 Å². The lowest BCUT2D eigenvalue weighted by molar-refractivity contribution is 0.748. The third kappa shape index (κ3) is 8.16. The Hall–Kier alpha value is -12.4. The first-order valence-corrected chi connectivity index (χ1v) is 33.0. The van der Waals surface area contributed by atoms with Crippen LogP contribution in [-0.4, -0.2) is 13.7 Å². The summed E-state index contributed by atoms with van der Waals surface area (Å²) in [5.74, 6) is 0. The van der Waals surface area contributed by atoms with E-state index in [2.05, 4.69) is 357 Å². The molecule has 95 heavy (non-hydrogen) atoms. The average Bonchev–Trinajstić information content (AvgIpc) is 1.64. The highest BCUT2D eigenvalue weighted by atomic mass is 15.2. The molecule has 0 spiro atoms. The van der Waals surface area contributed by atoms with Gasteiger partial charge >= 0.3 is 0 Å². The van der Waals surface area contributed by atoms with Crippen LogP contribution in [-0.2, 0) is 13.0 Å². The number of hydrogen-bond acceptors (Lipinski definition) is 2. The van der Waals surface area contributed by atoms with Crippen LogP contribution in [0.4, 0.5) is 34.1 Å². The van der Waals surface area contributed by atoms with Crippen molar-refractivity contribution in [2.24, 2.45) is 0 Å². The number of rotatable bonds is 11. The van der Waals surface area contributed by atoms with Gasteiger partial charge in [0.2, 0.25) is 0 Å². The summed E-state index contributed by atoms with van der Waals surface area (Å²) in [5, 5.41) is 22.3. The van der Waals surface area contributed by atoms with Gasteiger partial charge in [0.15, 0.2) is 0 Å². The number of fused-ring (bicyclic) bond motifs is 12. The summed E-state index contributed by atoms with van der Waals surface area (Å²) >= 11 is 0. The van der Waals surface area contributed by atoms with E-state index in [0.29, 0.717) is 0 Å². The van der Waals surface area contributed by atoms with Gasteiger partial charge in [-0.2, -0.15) is 0 Å². The Bertz CT molecular complexity index is 6460. The van der Waals surface area contributed by atoms with Gasteiger partial charge in [-0.1, -0.05) is 224 Å². The van der Waals surface area contributed by atoms with Gasteiger partial charge in [0.25, 0.3) is 0 Å². The number of aromatic nitrogens is 3. The van der Waals surface area contributed by atoms with Crippen LogP contribution < -0.4 is 9.80 Å². The number of aryl methyl sites for hydroxylation is 2. The van der Waals surface area contributed by atoms with E-state index in [0.717, 1.165) is 47.1 Å². The second-order valence-electron chi connectivity index (χ2n) is 25.5. The Kier molecular flexibility index (Phi) is 11.8. The molecule has 0 bridgehead atoms. The summed E-state index contributed by atoms with van der Waals surface area (Å²) in [4.78, 5) is 4.91. The van der Waals surface area contributed by atoms with Crippen molar-refractivity contribution >= 4 is 164 Å². The van der Waals surface area contributed by atoms with Gasteiger partial charge < -0.3 is 23.5 Å². The zero-order chi connectivity index (χ0) is 62.2. The highest BCUT2D eigenvalue weighted by Gasteiger charge is 2.25. The van der Waals surface area contributed by atoms with Crippen molar-refractivity contribution in [3.63, 3.8) is 0 Å². The van der Waals surface area contributed by atoms with Crippen molar-refractivity contribution in [1.82, 2.24) is 13.7 Å². The zero-order valence-electron chi connectivity index (χ0n) is 51.9. The molecule has 0 aliphatic heterocycles. The van der Waals surface area contributed by atoms with E-state index in [-0.39, 0.29) is 0 Å². The van der Waals surface area contributed by atoms with E-state index in [4.69, 9.17) is 0 Å². The van der Waals surface area contributed by atoms with Gasteiger partial charge in [0.05, 0.1) is 44.8 Å². The van der Waals surface area contributed by atoms with E-state index in [1.54, 1.807) is 0 Å². The Labute approximate surface area is 547 Å². The van der Waals surface area contributed by atoms with Crippen molar-refractivity contribution in [3.8, 4) is 11.4 Å². The molecule has 5 heteroatoms. The molecule has 0 aliphatic carbocycles. The normalized spacial score (nSPS) is 12.1. The second-order valence-corrected chi connectivity index (χ2v) is 25.5. The Morgan fingerprint density at radius 3 is 1.29 bits per heavy atom. The zero-order valence-corrected chi connectivity index (χ0v) is 51.9. The fourth-order valence-corrected chi connectivity index (χ4v) is 16.3. The minimum atomic E-state index is 0.763. The van der Waals surface area contributed by atoms with E-state index in [1.165, 1.54) is 147 Å². The molecule has 0 amide bonds. The van der Waals surface area contributed by atoms with E-state index in [1.807, 2.05) is 0 Å². The lowest BCUT2D eigenvalue weighted by atomic mass is 9.93. The molecular weight excluding hydrogens is 1150 g/mol. The lowest BCUT2D eigenvalue weighted by Gasteiger charge is -2.28. The fraction of sp³-hybridized carbons (Fsp3) is 0.0222. The van der Waals surface area contributed by atoms with Crippen molar-refractivity contribution < 1.29 is 0 Å². The summed E-state index contributed by atoms with van der Waals surface area (Å²) in [6.45, 7) is 0.763. The quantitative estimate of drug-likeness (QED) is 0.120. The number of nitrogens with zero attached hydrogens (tertiary/aromatic N) is 5. The molecule has 0 unspecified atom stereocenters. The third-order valence-electron chi connectivity index (χ3n) is 20.4. The van der Waals surface area contributed by atoms with Crippen molar-refractivity contribution in [3.05, 3.63) is 339 Å². The molecule has 444 valence electrons. The minimum Gasteiger partial charge on any atom is -0.340 e. The van der Waals surface area contributed by atoms with Gasteiger partial charge in [-0.25, -0.2) is 0 Å². The lowest BCUT2D eigenvalue weighted by Crippen LogP contribution is -2.10. The summed E-state index contributed by atoms with van der Waals surface area (Å²) in [6, 6.07) is 124. The van der Waals surface area contributed by atoms with Crippen LogP contribution in [0.5, 0.6) is 0 Å². The summed E-state index contributed by atoms with van der Waals surface area (Å²) in [6.07, 6.45) is 0.815. The first-order valence-electron chi connectivity index (χ1n) is 33.0. The van der Waals surface area contributed by atoms with E-state index in [9.17, 15) is 0 Å². The molecular formula is C90H59N5. The van der Waals surface area contributed by atoms with Crippen LogP contribution in [0.1, 0.15) is 5.56 Å². The van der Waals surface area contributed by atoms with Crippen LogP contribution in [0.2, 0.25) is 0 Å². The Morgan fingerprint density at radius 1 is 0.221 bits per heavy atom. The fourth-order valence-electron chi connectivity index (χ4n) is 16.3. The molecule has 0 atom stereocenters. The number of hydrogen-bond donors (Lipinski definition) is 0. The van der Waals surface area contributed by atoms with Crippen molar-refractivity contribution in [1.29, 1.82) is 0 Å². The molecule has 0 radical (unpaired) electrons. The molecule has 3 heterocycles. The smallest absolute Gasteiger partial charge is 0.0549 e. The average molecular weight is 1210 g/mol. The number of para-hydroxylation sites is 4. The molecule has 0 aliphatic rings. The van der Waals surface area contributed by atoms with Crippen LogP contribution in [0.3, 0.4) is 0 Å². The first-order chi connectivity index (χ1) is 47.1. The maximum atomic E-state index is 2.58. The second kappa shape index (κ2) is 21.1. The van der Waals surface area contributed by atoms with Gasteiger partial charge in [0.1, 0.15) is 0 Å². The van der Waals surface area contributed by atoms with Crippen LogP contribution in [0, 0.1) is 0 Å². The number of anilines is 6. The Balaban J connectivity index is 0.758. The molecule has 0 fully saturated rings. The Morgan fingerprint density at radius 2 is 0.663 bits per heavy atom. The van der Waals surface area contributed by atoms with Gasteiger partial charge in [-0.05, 0) is 164 Å². The molecule has 3 aromatic heterocycles. The molecule has 0 saturated carbocycles. The number of benzene rings is 17. The maximum absolute atomic E-state index is 2.58. The van der Waals surface area contributed by atoms with Gasteiger partial charge in [-0.15, -0.1) is 0 Å². The summed E-state index contributed by atoms with van der Waals surface area (Å²) < 4.78 is 7.60. The molecule has 5 nitrogen and oxygen atoms in total. The molecule has 20 rings (SSSR count). The maximum Gasteiger partial charge on any atom is 0.0549 e. The van der Waals surface area contributed by atoms with Crippen LogP contribution in [0.15, 0.2) is 334 Å². The standard InChI is InChI=1S/C90H59N5/c1-3-26-64(27-4-1)92(81-38-18-22-58-20-7-9-31-69(58)81)66-45-50-79-75(54-66)76-55-67(93(65-28-5-2-6-29-65)86-49-44-63-41-40-61-24-17-25-62-42-47-74(86)90(63)89(61)62)46-51-80(76)91(79)53-52-60-43-48-85(71-33-12-11-30-68(60)71)95-84-37-16-14-35-73(84)78-56-87-77(57-88(78)95)72-34-13-15-36-83(72)94(87)82-39-19-23-59-21-8-10-32-70(59)82/h1-51,54-57H,52-53H2. The highest BCUT2D eigenvalue weighted by Crippen LogP contribution is 2.48. The highest BCUT2D eigenvalue weighted by molar-refractivity contribution is 6.26. The largest absolute Gasteiger partial charge is 0.340 e. The third-order valence-corrected chi connectivity index (χ3v) is 20.4. The van der Waals surface area contributed by atoms with Crippen LogP contribution in [0.25, 0.3) is 141 Å². The molecule has 0 N–H and O–H groups in total. The minimum absolute atomic E-state index is 0.763. The van der Waals surface area contributed by atoms with Gasteiger partial charge in [-0.3, -0.25) is 0 Å². The van der Waals surface area contributed by atoms with Crippen molar-refractivity contribution in [2.45, 2.75) is 13.0 Å². The van der Waals surface area contributed by atoms with E-state index >= 15 is 0 Å². The van der Waals surface area contributed by atoms with Crippen LogP contribution >= 0.6 is 0 Å². The predicted octanol–water partition coefficient (Wildman–Crippen LogP) is 24.5. The summed E-state index contributed by atoms with van der Waals surface area (Å²) in [7, 11) is 0. The monoisotopic (exact) mass is 1210 g/mol. The van der Waals surface area contributed by atoms with E-state index < -0.39 is 0 Å². The molecule has 20 aromatic rings. The molecule has 0 saturated heterocycles. The topological polar surface area (TPSA) is 21.3 Å². The summed E-state index contributed by atoms with van der Waals surface area (Å²) in [5.41, 5.74) is 17.5. The SMILES string of the molecule is c1ccc(N(c2ccc3c(c2)c2cc(N(c4ccccc4)c4ccc5ccc6cccc7ccc4c5c67)ccc2n3CCc2ccc(-n3c4ccccc4c4cc5c(cc43)c3ccccc3n5-c3cccc4ccccc34)c3ccccc23)c2cccc3ccccc23)cc1. The predicted molar refractivity (Wildman–Crippen MR) is 404 cm³/mol. The first kappa shape index (κ1) is 53.2.